The van der Waals surface area contributed by atoms with Gasteiger partial charge in [0.15, 0.2) is 6.10 Å². The number of carbonyl (C=O) groups is 3. The summed E-state index contributed by atoms with van der Waals surface area (Å²) in [5, 5.41) is 0. The second-order valence-corrected chi connectivity index (χ2v) is 22.7. The van der Waals surface area contributed by atoms with Crippen LogP contribution < -0.4 is 0 Å². The van der Waals surface area contributed by atoms with Gasteiger partial charge in [0.05, 0.1) is 0 Å². The molecule has 0 N–H and O–H groups in total. The number of allylic oxidation sites excluding steroid dienone is 14. The van der Waals surface area contributed by atoms with Crippen molar-refractivity contribution in [3.8, 4) is 0 Å². The van der Waals surface area contributed by atoms with E-state index in [1.807, 2.05) is 0 Å². The second-order valence-electron chi connectivity index (χ2n) is 22.7. The molecule has 0 fully saturated rings. The Labute approximate surface area is 490 Å². The van der Waals surface area contributed by atoms with E-state index in [0.29, 0.717) is 19.3 Å². The van der Waals surface area contributed by atoms with Gasteiger partial charge in [-0.3, -0.25) is 14.4 Å². The van der Waals surface area contributed by atoms with Crippen molar-refractivity contribution in [1.82, 2.24) is 0 Å². The Kier molecular flexibility index (Phi) is 64.2. The summed E-state index contributed by atoms with van der Waals surface area (Å²) in [5.41, 5.74) is 0. The smallest absolute Gasteiger partial charge is 0.306 e. The molecule has 0 rings (SSSR count). The summed E-state index contributed by atoms with van der Waals surface area (Å²) in [6.45, 7) is 6.53. The van der Waals surface area contributed by atoms with Crippen LogP contribution >= 0.6 is 0 Å². The Morgan fingerprint density at radius 3 is 0.797 bits per heavy atom. The van der Waals surface area contributed by atoms with E-state index < -0.39 is 6.10 Å². The topological polar surface area (TPSA) is 78.9 Å². The molecule has 1 atom stereocenters. The third-order valence-corrected chi connectivity index (χ3v) is 14.9. The molecule has 0 aliphatic heterocycles. The molecule has 1 unspecified atom stereocenters. The molecule has 0 amide bonds. The minimum absolute atomic E-state index is 0.0747. The SMILES string of the molecule is CC/C=C\C/C=C\C/C=C\C/C=C\C/C=C\CCCCCCCCCCCCCCCCCC(=O)OCC(COC(=O)CCCCCCCCCCCCCCC)OC(=O)CCCCCCCCC/C=C\C/C=C\CCCCC. The first-order valence-corrected chi connectivity index (χ1v) is 34.1. The maximum atomic E-state index is 12.9. The zero-order chi connectivity index (χ0) is 57.1. The molecule has 456 valence electrons. The average molecular weight is 1100 g/mol. The van der Waals surface area contributed by atoms with Gasteiger partial charge in [0.1, 0.15) is 13.2 Å². The molecular formula is C73H128O6. The first-order valence-electron chi connectivity index (χ1n) is 34.1. The van der Waals surface area contributed by atoms with Gasteiger partial charge in [-0.15, -0.1) is 0 Å². The highest BCUT2D eigenvalue weighted by Gasteiger charge is 2.19. The summed E-state index contributed by atoms with van der Waals surface area (Å²) in [6.07, 6.45) is 88.9. The van der Waals surface area contributed by atoms with Gasteiger partial charge < -0.3 is 14.2 Å². The van der Waals surface area contributed by atoms with E-state index in [2.05, 4.69) is 106 Å². The first-order chi connectivity index (χ1) is 39.0. The minimum Gasteiger partial charge on any atom is -0.462 e. The van der Waals surface area contributed by atoms with Crippen molar-refractivity contribution in [3.63, 3.8) is 0 Å². The van der Waals surface area contributed by atoms with E-state index in [1.165, 1.54) is 199 Å². The van der Waals surface area contributed by atoms with Gasteiger partial charge in [0, 0.05) is 19.3 Å². The molecule has 6 nitrogen and oxygen atoms in total. The predicted octanol–water partition coefficient (Wildman–Crippen LogP) is 23.4. The maximum absolute atomic E-state index is 12.9. The molecule has 0 spiro atoms. The molecular weight excluding hydrogens is 973 g/mol. The standard InChI is InChI=1S/C73H128O6/c1-4-7-10-13-16-19-22-25-27-29-30-31-32-33-34-35-36-37-38-39-40-41-42-44-45-48-51-54-57-60-63-66-72(75)78-69-70(68-77-71(74)65-62-59-56-53-50-47-24-21-18-15-12-9-6-3)79-73(76)67-64-61-58-55-52-49-46-43-28-26-23-20-17-14-11-8-5-2/h7,10,16-17,19-20,25-28,30-31,33-34,70H,4-6,8-9,11-15,18,21-24,29,32,35-69H2,1-3H3/b10-7-,19-16-,20-17-,27-25-,28-26-,31-30-,34-33-. The van der Waals surface area contributed by atoms with Crippen molar-refractivity contribution in [2.75, 3.05) is 13.2 Å². The van der Waals surface area contributed by atoms with E-state index >= 15 is 0 Å². The number of hydrogen-bond acceptors (Lipinski definition) is 6. The van der Waals surface area contributed by atoms with Gasteiger partial charge in [-0.2, -0.15) is 0 Å². The molecule has 0 aliphatic rings. The van der Waals surface area contributed by atoms with Crippen LogP contribution in [0.5, 0.6) is 0 Å². The van der Waals surface area contributed by atoms with Crippen LogP contribution in [0.4, 0.5) is 0 Å². The number of rotatable bonds is 62. The van der Waals surface area contributed by atoms with E-state index in [4.69, 9.17) is 14.2 Å². The summed E-state index contributed by atoms with van der Waals surface area (Å²) < 4.78 is 17.0. The second kappa shape index (κ2) is 67.1. The largest absolute Gasteiger partial charge is 0.462 e. The third kappa shape index (κ3) is 65.3. The molecule has 0 radical (unpaired) electrons. The van der Waals surface area contributed by atoms with Crippen LogP contribution in [0.1, 0.15) is 342 Å². The summed E-state index contributed by atoms with van der Waals surface area (Å²) >= 11 is 0. The van der Waals surface area contributed by atoms with Crippen LogP contribution in [0.15, 0.2) is 85.1 Å². The fraction of sp³-hybridized carbons (Fsp3) is 0.767. The molecule has 0 saturated heterocycles. The van der Waals surface area contributed by atoms with Crippen LogP contribution in [0, 0.1) is 0 Å². The van der Waals surface area contributed by atoms with Gasteiger partial charge >= 0.3 is 17.9 Å². The Hall–Kier alpha value is -3.41. The quantitative estimate of drug-likeness (QED) is 0.0261. The number of unbranched alkanes of at least 4 members (excludes halogenated alkanes) is 37. The number of ether oxygens (including phenoxy) is 3. The molecule has 0 aliphatic carbocycles. The minimum atomic E-state index is -0.779. The van der Waals surface area contributed by atoms with Gasteiger partial charge in [0.25, 0.3) is 0 Å². The molecule has 0 aromatic heterocycles. The Balaban J connectivity index is 4.20. The van der Waals surface area contributed by atoms with Crippen LogP contribution in [-0.2, 0) is 28.6 Å². The lowest BCUT2D eigenvalue weighted by atomic mass is 10.0. The van der Waals surface area contributed by atoms with Gasteiger partial charge in [-0.05, 0) is 96.3 Å². The highest BCUT2D eigenvalue weighted by atomic mass is 16.6. The van der Waals surface area contributed by atoms with Crippen molar-refractivity contribution in [2.24, 2.45) is 0 Å². The van der Waals surface area contributed by atoms with Crippen molar-refractivity contribution in [2.45, 2.75) is 348 Å². The van der Waals surface area contributed by atoms with Crippen LogP contribution in [-0.4, -0.2) is 37.2 Å². The zero-order valence-corrected chi connectivity index (χ0v) is 52.4. The van der Waals surface area contributed by atoms with Crippen molar-refractivity contribution in [1.29, 1.82) is 0 Å². The van der Waals surface area contributed by atoms with Crippen molar-refractivity contribution >= 4 is 17.9 Å². The van der Waals surface area contributed by atoms with Gasteiger partial charge in [-0.25, -0.2) is 0 Å². The summed E-state index contributed by atoms with van der Waals surface area (Å²) in [7, 11) is 0. The highest BCUT2D eigenvalue weighted by Crippen LogP contribution is 2.17. The number of carbonyl (C=O) groups excluding carboxylic acids is 3. The summed E-state index contributed by atoms with van der Waals surface area (Å²) in [6, 6.07) is 0. The fourth-order valence-corrected chi connectivity index (χ4v) is 9.80. The van der Waals surface area contributed by atoms with Crippen LogP contribution in [0.2, 0.25) is 0 Å². The highest BCUT2D eigenvalue weighted by molar-refractivity contribution is 5.71. The normalized spacial score (nSPS) is 12.6. The van der Waals surface area contributed by atoms with Crippen LogP contribution in [0.25, 0.3) is 0 Å². The first kappa shape index (κ1) is 75.6. The Morgan fingerprint density at radius 1 is 0.266 bits per heavy atom. The van der Waals surface area contributed by atoms with E-state index in [-0.39, 0.29) is 31.1 Å². The lowest BCUT2D eigenvalue weighted by Crippen LogP contribution is -2.30. The van der Waals surface area contributed by atoms with Crippen LogP contribution in [0.3, 0.4) is 0 Å². The predicted molar refractivity (Wildman–Crippen MR) is 344 cm³/mol. The lowest BCUT2D eigenvalue weighted by Gasteiger charge is -2.18. The molecule has 0 saturated carbocycles. The maximum Gasteiger partial charge on any atom is 0.306 e. The molecule has 0 bridgehead atoms. The summed E-state index contributed by atoms with van der Waals surface area (Å²) in [4.78, 5) is 38.3. The molecule has 0 aromatic rings. The van der Waals surface area contributed by atoms with E-state index in [1.54, 1.807) is 0 Å². The molecule has 6 heteroatoms. The molecule has 79 heavy (non-hydrogen) atoms. The van der Waals surface area contributed by atoms with E-state index in [9.17, 15) is 14.4 Å². The summed E-state index contributed by atoms with van der Waals surface area (Å²) in [5.74, 6) is -0.865. The molecule has 0 aromatic carbocycles. The number of esters is 3. The van der Waals surface area contributed by atoms with Crippen molar-refractivity contribution in [3.05, 3.63) is 85.1 Å². The van der Waals surface area contributed by atoms with Gasteiger partial charge in [-0.1, -0.05) is 311 Å². The van der Waals surface area contributed by atoms with Crippen molar-refractivity contribution < 1.29 is 28.6 Å². The lowest BCUT2D eigenvalue weighted by molar-refractivity contribution is -0.167. The number of hydrogen-bond donors (Lipinski definition) is 0. The fourth-order valence-electron chi connectivity index (χ4n) is 9.80. The third-order valence-electron chi connectivity index (χ3n) is 14.9. The zero-order valence-electron chi connectivity index (χ0n) is 52.4. The average Bonchev–Trinajstić information content (AvgIpc) is 3.45. The van der Waals surface area contributed by atoms with E-state index in [0.717, 1.165) is 103 Å². The monoisotopic (exact) mass is 1100 g/mol. The Morgan fingerprint density at radius 2 is 0.494 bits per heavy atom. The molecule has 0 heterocycles. The Bertz CT molecular complexity index is 1500. The van der Waals surface area contributed by atoms with Gasteiger partial charge in [0.2, 0.25) is 0 Å².